The number of anilines is 1. The van der Waals surface area contributed by atoms with Crippen molar-refractivity contribution in [3.05, 3.63) is 83.9 Å². The lowest BCUT2D eigenvalue weighted by Gasteiger charge is -2.19. The molecule has 4 nitrogen and oxygen atoms in total. The van der Waals surface area contributed by atoms with Crippen LogP contribution in [0, 0.1) is 0 Å². The molecule has 26 heavy (non-hydrogen) atoms. The van der Waals surface area contributed by atoms with Gasteiger partial charge in [0.05, 0.1) is 12.1 Å². The zero-order valence-electron chi connectivity index (χ0n) is 14.4. The second-order valence-corrected chi connectivity index (χ2v) is 6.01. The quantitative estimate of drug-likeness (QED) is 0.699. The van der Waals surface area contributed by atoms with Crippen LogP contribution in [0.2, 0.25) is 0 Å². The number of aliphatic carboxylic acids is 1. The van der Waals surface area contributed by atoms with Crippen LogP contribution in [0.3, 0.4) is 0 Å². The minimum atomic E-state index is -1.09. The number of nitrogens with zero attached hydrogens (tertiary/aromatic N) is 1. The Labute approximate surface area is 152 Å². The van der Waals surface area contributed by atoms with Gasteiger partial charge in [-0.05, 0) is 23.1 Å². The lowest BCUT2D eigenvalue weighted by atomic mass is 10.1. The number of rotatable bonds is 5. The fourth-order valence-electron chi connectivity index (χ4n) is 2.86. The fraction of sp³-hybridized carbons (Fsp3) is 0.0909. The van der Waals surface area contributed by atoms with E-state index in [0.29, 0.717) is 0 Å². The molecule has 0 atom stereocenters. The molecule has 0 aliphatic carbocycles. The molecule has 0 bridgehead atoms. The summed E-state index contributed by atoms with van der Waals surface area (Å²) in [6, 6.07) is 22.7. The van der Waals surface area contributed by atoms with Crippen LogP contribution in [0.25, 0.3) is 16.8 Å². The number of amides is 1. The Hall–Kier alpha value is -3.40. The summed E-state index contributed by atoms with van der Waals surface area (Å²) in [4.78, 5) is 25.8. The van der Waals surface area contributed by atoms with Crippen molar-refractivity contribution in [3.63, 3.8) is 0 Å². The zero-order chi connectivity index (χ0) is 18.5. The molecular weight excluding hydrogens is 326 g/mol. The summed E-state index contributed by atoms with van der Waals surface area (Å²) in [7, 11) is 1.67. The van der Waals surface area contributed by atoms with Gasteiger partial charge in [-0.2, -0.15) is 0 Å². The predicted octanol–water partition coefficient (Wildman–Crippen LogP) is 4.36. The van der Waals surface area contributed by atoms with Gasteiger partial charge in [0.25, 0.3) is 0 Å². The van der Waals surface area contributed by atoms with Crippen LogP contribution < -0.4 is 4.90 Å². The Morgan fingerprint density at radius 2 is 1.58 bits per heavy atom. The average molecular weight is 345 g/mol. The highest BCUT2D eigenvalue weighted by molar-refractivity contribution is 6.07. The first-order chi connectivity index (χ1) is 12.6. The molecule has 0 saturated carbocycles. The van der Waals surface area contributed by atoms with Crippen LogP contribution in [0.5, 0.6) is 0 Å². The van der Waals surface area contributed by atoms with Gasteiger partial charge in [0.2, 0.25) is 5.91 Å². The van der Waals surface area contributed by atoms with Gasteiger partial charge < -0.3 is 10.0 Å². The zero-order valence-corrected chi connectivity index (χ0v) is 14.4. The third-order valence-electron chi connectivity index (χ3n) is 4.26. The number of hydrogen-bond donors (Lipinski definition) is 1. The van der Waals surface area contributed by atoms with Crippen LogP contribution in [0.1, 0.15) is 12.0 Å². The maximum atomic E-state index is 12.7. The highest BCUT2D eigenvalue weighted by Gasteiger charge is 2.18. The summed E-state index contributed by atoms with van der Waals surface area (Å²) >= 11 is 0. The van der Waals surface area contributed by atoms with Gasteiger partial charge in [-0.3, -0.25) is 4.79 Å². The minimum Gasteiger partial charge on any atom is -0.478 e. The molecule has 0 unspecified atom stereocenters. The van der Waals surface area contributed by atoms with Crippen molar-refractivity contribution >= 4 is 34.4 Å². The number of carboxylic acid groups (broad SMARTS) is 1. The van der Waals surface area contributed by atoms with Crippen LogP contribution in [-0.4, -0.2) is 24.0 Å². The van der Waals surface area contributed by atoms with Crippen LogP contribution in [0.4, 0.5) is 5.69 Å². The van der Waals surface area contributed by atoms with Crippen molar-refractivity contribution in [1.82, 2.24) is 0 Å². The largest absolute Gasteiger partial charge is 0.478 e. The summed E-state index contributed by atoms with van der Waals surface area (Å²) in [6.07, 6.45) is 1.36. The van der Waals surface area contributed by atoms with Crippen LogP contribution in [0.15, 0.2) is 78.4 Å². The van der Waals surface area contributed by atoms with Crippen molar-refractivity contribution in [3.8, 4) is 0 Å². The summed E-state index contributed by atoms with van der Waals surface area (Å²) in [5.41, 5.74) is 1.58. The number of fused-ring (bicyclic) bond motifs is 1. The second kappa shape index (κ2) is 7.66. The van der Waals surface area contributed by atoms with E-state index in [0.717, 1.165) is 22.0 Å². The molecule has 3 aromatic rings. The Balaban J connectivity index is 1.88. The SMILES string of the molecule is CN(C(=O)CC(=Cc1ccccc1)C(=O)O)c1cccc2ccccc12. The van der Waals surface area contributed by atoms with E-state index >= 15 is 0 Å². The number of hydrogen-bond acceptors (Lipinski definition) is 2. The Morgan fingerprint density at radius 1 is 0.923 bits per heavy atom. The maximum absolute atomic E-state index is 12.7. The van der Waals surface area contributed by atoms with Crippen LogP contribution in [-0.2, 0) is 9.59 Å². The Bertz CT molecular complexity index is 972. The lowest BCUT2D eigenvalue weighted by Crippen LogP contribution is -2.27. The lowest BCUT2D eigenvalue weighted by molar-refractivity contribution is -0.133. The molecule has 0 aliphatic rings. The average Bonchev–Trinajstić information content (AvgIpc) is 2.67. The number of carboxylic acids is 1. The van der Waals surface area contributed by atoms with E-state index in [-0.39, 0.29) is 17.9 Å². The molecule has 3 rings (SSSR count). The van der Waals surface area contributed by atoms with Crippen molar-refractivity contribution in [2.24, 2.45) is 0 Å². The number of carbonyl (C=O) groups is 2. The molecule has 0 heterocycles. The smallest absolute Gasteiger partial charge is 0.332 e. The monoisotopic (exact) mass is 345 g/mol. The third-order valence-corrected chi connectivity index (χ3v) is 4.26. The standard InChI is InChI=1S/C22H19NO3/c1-23(20-13-7-11-17-10-5-6-12-19(17)20)21(24)15-18(22(25)26)14-16-8-3-2-4-9-16/h2-14H,15H2,1H3,(H,25,26). The van der Waals surface area contributed by atoms with E-state index in [2.05, 4.69) is 0 Å². The van der Waals surface area contributed by atoms with Gasteiger partial charge >= 0.3 is 5.97 Å². The molecule has 3 aromatic carbocycles. The van der Waals surface area contributed by atoms with E-state index in [4.69, 9.17) is 0 Å². The van der Waals surface area contributed by atoms with E-state index in [9.17, 15) is 14.7 Å². The molecule has 0 fully saturated rings. The molecule has 4 heteroatoms. The molecule has 130 valence electrons. The van der Waals surface area contributed by atoms with E-state index in [1.54, 1.807) is 7.05 Å². The first-order valence-electron chi connectivity index (χ1n) is 8.29. The van der Waals surface area contributed by atoms with Crippen LogP contribution >= 0.6 is 0 Å². The molecular formula is C22H19NO3. The van der Waals surface area contributed by atoms with Gasteiger partial charge in [0, 0.05) is 18.0 Å². The summed E-state index contributed by atoms with van der Waals surface area (Å²) < 4.78 is 0. The van der Waals surface area contributed by atoms with Crippen molar-refractivity contribution < 1.29 is 14.7 Å². The summed E-state index contributed by atoms with van der Waals surface area (Å²) in [5.74, 6) is -1.36. The number of benzene rings is 3. The summed E-state index contributed by atoms with van der Waals surface area (Å²) in [5, 5.41) is 11.5. The molecule has 0 radical (unpaired) electrons. The predicted molar refractivity (Wildman–Crippen MR) is 104 cm³/mol. The van der Waals surface area contributed by atoms with E-state index < -0.39 is 5.97 Å². The Morgan fingerprint density at radius 3 is 2.31 bits per heavy atom. The third kappa shape index (κ3) is 3.81. The second-order valence-electron chi connectivity index (χ2n) is 6.01. The topological polar surface area (TPSA) is 57.6 Å². The first kappa shape index (κ1) is 17.4. The van der Waals surface area contributed by atoms with Crippen molar-refractivity contribution in [2.45, 2.75) is 6.42 Å². The normalized spacial score (nSPS) is 11.3. The summed E-state index contributed by atoms with van der Waals surface area (Å²) in [6.45, 7) is 0. The highest BCUT2D eigenvalue weighted by atomic mass is 16.4. The Kier molecular flexibility index (Phi) is 5.13. The highest BCUT2D eigenvalue weighted by Crippen LogP contribution is 2.26. The maximum Gasteiger partial charge on any atom is 0.332 e. The fourth-order valence-corrected chi connectivity index (χ4v) is 2.86. The molecule has 0 aliphatic heterocycles. The van der Waals surface area contributed by atoms with Gasteiger partial charge in [-0.25, -0.2) is 4.79 Å². The van der Waals surface area contributed by atoms with Crippen molar-refractivity contribution in [2.75, 3.05) is 11.9 Å². The molecule has 1 amide bonds. The molecule has 0 saturated heterocycles. The van der Waals surface area contributed by atoms with E-state index in [1.807, 2.05) is 72.8 Å². The first-order valence-corrected chi connectivity index (χ1v) is 8.29. The van der Waals surface area contributed by atoms with E-state index in [1.165, 1.54) is 11.0 Å². The molecule has 0 spiro atoms. The van der Waals surface area contributed by atoms with Gasteiger partial charge in [-0.15, -0.1) is 0 Å². The molecule has 0 aromatic heterocycles. The van der Waals surface area contributed by atoms with Gasteiger partial charge in [-0.1, -0.05) is 66.7 Å². The minimum absolute atomic E-state index is 0.0632. The van der Waals surface area contributed by atoms with Gasteiger partial charge in [0.1, 0.15) is 0 Å². The van der Waals surface area contributed by atoms with Crippen molar-refractivity contribution in [1.29, 1.82) is 0 Å². The number of carbonyl (C=O) groups excluding carboxylic acids is 1. The van der Waals surface area contributed by atoms with Gasteiger partial charge in [0.15, 0.2) is 0 Å². The molecule has 1 N–H and O–H groups in total.